The molecule has 2 aliphatic heterocycles. The number of benzene rings is 2. The smallest absolute Gasteiger partial charge is 0.313 e. The normalized spacial score (nSPS) is 18.9. The van der Waals surface area contributed by atoms with E-state index in [2.05, 4.69) is 30.5 Å². The van der Waals surface area contributed by atoms with Gasteiger partial charge in [0.1, 0.15) is 11.3 Å². The van der Waals surface area contributed by atoms with Crippen molar-refractivity contribution in [1.29, 1.82) is 0 Å². The van der Waals surface area contributed by atoms with Crippen molar-refractivity contribution in [3.63, 3.8) is 0 Å². The Labute approximate surface area is 194 Å². The van der Waals surface area contributed by atoms with Crippen LogP contribution < -0.4 is 10.9 Å². The second-order valence-electron chi connectivity index (χ2n) is 8.33. The van der Waals surface area contributed by atoms with Gasteiger partial charge in [-0.2, -0.15) is 5.10 Å². The number of fused-ring (bicyclic) bond motifs is 5. The average Bonchev–Trinajstić information content (AvgIpc) is 3.40. The number of aromatic amines is 1. The number of amides is 2. The summed E-state index contributed by atoms with van der Waals surface area (Å²) in [5.41, 5.74) is 1.71. The van der Waals surface area contributed by atoms with Gasteiger partial charge in [0.25, 0.3) is 5.56 Å². The van der Waals surface area contributed by atoms with Gasteiger partial charge in [0, 0.05) is 17.7 Å². The van der Waals surface area contributed by atoms with Gasteiger partial charge in [-0.1, -0.05) is 11.6 Å². The Balaban J connectivity index is 1.29. The summed E-state index contributed by atoms with van der Waals surface area (Å²) < 4.78 is 33.8. The molecule has 2 amide bonds. The fourth-order valence-corrected chi connectivity index (χ4v) is 5.14. The maximum absolute atomic E-state index is 15.0. The number of carbonyl (C=O) groups is 1. The topological polar surface area (TPSA) is 117 Å². The Bertz CT molecular complexity index is 1540. The molecule has 1 saturated heterocycles. The Kier molecular flexibility index (Phi) is 4.63. The van der Waals surface area contributed by atoms with E-state index in [0.29, 0.717) is 18.5 Å². The second-order valence-corrected chi connectivity index (χ2v) is 8.74. The van der Waals surface area contributed by atoms with Crippen LogP contribution in [0.25, 0.3) is 22.2 Å². The molecule has 1 fully saturated rings. The zero-order valence-corrected chi connectivity index (χ0v) is 18.1. The molecule has 4 heterocycles. The number of hydrogen-bond donors (Lipinski definition) is 2. The van der Waals surface area contributed by atoms with Crippen LogP contribution in [0, 0.1) is 11.6 Å². The molecule has 2 aliphatic rings. The molecule has 2 aromatic carbocycles. The van der Waals surface area contributed by atoms with E-state index in [4.69, 9.17) is 11.6 Å². The third kappa shape index (κ3) is 3.23. The minimum absolute atomic E-state index is 0.0412. The average molecular weight is 485 g/mol. The standard InChI is InChI=1S/C22H15ClF2N6O3/c23-13-8-16(14(24)7-12(13)9-4-15(25)21-17(5-9)29-34-30-21)26-22(33)31-11-1-2-18(31)20-10(3-11)6-19(32)27-28-20/h4-8,11,18H,1-3H2,(H,26,33)(H,27,32)/t11-,18+/m0/s1. The Hall–Kier alpha value is -3.86. The van der Waals surface area contributed by atoms with Crippen LogP contribution in [0.4, 0.5) is 19.3 Å². The summed E-state index contributed by atoms with van der Waals surface area (Å²) in [5, 5.41) is 16.4. The monoisotopic (exact) mass is 484 g/mol. The Morgan fingerprint density at radius 3 is 2.85 bits per heavy atom. The third-order valence-electron chi connectivity index (χ3n) is 6.35. The molecule has 2 atom stereocenters. The number of rotatable bonds is 2. The number of nitrogens with zero attached hydrogens (tertiary/aromatic N) is 4. The number of anilines is 1. The summed E-state index contributed by atoms with van der Waals surface area (Å²) in [5.74, 6) is -1.42. The minimum Gasteiger partial charge on any atom is -0.313 e. The number of hydrogen-bond acceptors (Lipinski definition) is 6. The number of aromatic nitrogens is 4. The molecule has 9 nitrogen and oxygen atoms in total. The summed E-state index contributed by atoms with van der Waals surface area (Å²) in [6, 6.07) is 5.63. The molecule has 34 heavy (non-hydrogen) atoms. The van der Waals surface area contributed by atoms with Crippen LogP contribution in [-0.2, 0) is 6.42 Å². The fourth-order valence-electron chi connectivity index (χ4n) is 4.87. The summed E-state index contributed by atoms with van der Waals surface area (Å²) in [6.45, 7) is 0. The number of urea groups is 1. The van der Waals surface area contributed by atoms with Crippen molar-refractivity contribution < 1.29 is 18.2 Å². The number of halogens is 3. The summed E-state index contributed by atoms with van der Waals surface area (Å²) in [4.78, 5) is 26.4. The number of nitrogens with one attached hydrogen (secondary N) is 2. The Morgan fingerprint density at radius 1 is 1.15 bits per heavy atom. The molecular formula is C22H15ClF2N6O3. The first-order valence-corrected chi connectivity index (χ1v) is 10.9. The van der Waals surface area contributed by atoms with Crippen LogP contribution >= 0.6 is 11.6 Å². The van der Waals surface area contributed by atoms with Gasteiger partial charge in [0.15, 0.2) is 11.3 Å². The summed E-state index contributed by atoms with van der Waals surface area (Å²) >= 11 is 6.38. The van der Waals surface area contributed by atoms with Gasteiger partial charge in [-0.05, 0) is 65.0 Å². The molecule has 2 N–H and O–H groups in total. The van der Waals surface area contributed by atoms with Crippen molar-refractivity contribution >= 4 is 34.4 Å². The number of carbonyl (C=O) groups excluding carboxylic acids is 1. The van der Waals surface area contributed by atoms with Crippen LogP contribution in [0.3, 0.4) is 0 Å². The first-order chi connectivity index (χ1) is 16.4. The van der Waals surface area contributed by atoms with E-state index in [-0.39, 0.29) is 50.5 Å². The van der Waals surface area contributed by atoms with Gasteiger partial charge in [-0.15, -0.1) is 0 Å². The van der Waals surface area contributed by atoms with E-state index in [1.54, 1.807) is 4.90 Å². The van der Waals surface area contributed by atoms with Crippen LogP contribution in [0.15, 0.2) is 39.8 Å². The molecule has 172 valence electrons. The first-order valence-electron chi connectivity index (χ1n) is 10.5. The van der Waals surface area contributed by atoms with E-state index in [1.165, 1.54) is 18.2 Å². The lowest BCUT2D eigenvalue weighted by atomic mass is 9.99. The first kappa shape index (κ1) is 20.7. The van der Waals surface area contributed by atoms with Crippen molar-refractivity contribution in [1.82, 2.24) is 25.4 Å². The molecule has 2 bridgehead atoms. The quantitative estimate of drug-likeness (QED) is 0.440. The molecular weight excluding hydrogens is 470 g/mol. The molecule has 0 saturated carbocycles. The van der Waals surface area contributed by atoms with Crippen molar-refractivity contribution in [3.8, 4) is 11.1 Å². The van der Waals surface area contributed by atoms with Gasteiger partial charge in [0.2, 0.25) is 0 Å². The highest BCUT2D eigenvalue weighted by Gasteiger charge is 2.44. The predicted molar refractivity (Wildman–Crippen MR) is 117 cm³/mol. The zero-order valence-electron chi connectivity index (χ0n) is 17.3. The van der Waals surface area contributed by atoms with E-state index < -0.39 is 17.7 Å². The molecule has 0 radical (unpaired) electrons. The predicted octanol–water partition coefficient (Wildman–Crippen LogP) is 4.20. The fraction of sp³-hybridized carbons (Fsp3) is 0.227. The van der Waals surface area contributed by atoms with Gasteiger partial charge < -0.3 is 10.2 Å². The maximum atomic E-state index is 15.0. The highest BCUT2D eigenvalue weighted by Crippen LogP contribution is 2.43. The van der Waals surface area contributed by atoms with E-state index in [0.717, 1.165) is 24.1 Å². The highest BCUT2D eigenvalue weighted by molar-refractivity contribution is 6.33. The largest absolute Gasteiger partial charge is 0.322 e. The molecule has 4 aromatic rings. The van der Waals surface area contributed by atoms with Crippen molar-refractivity contribution in [2.24, 2.45) is 0 Å². The lowest BCUT2D eigenvalue weighted by molar-refractivity contribution is 0.177. The number of H-pyrrole nitrogens is 1. The van der Waals surface area contributed by atoms with Gasteiger partial charge >= 0.3 is 6.03 Å². The molecule has 12 heteroatoms. The van der Waals surface area contributed by atoms with Crippen molar-refractivity contribution in [2.75, 3.05) is 5.32 Å². The SMILES string of the molecule is O=C(Nc1cc(Cl)c(-c2cc(F)c3nonc3c2)cc1F)N1[C@H]2CC[C@@H]1c1n[nH]c(=O)cc1C2. The molecule has 0 unspecified atom stereocenters. The zero-order chi connectivity index (χ0) is 23.6. The molecule has 0 aliphatic carbocycles. The van der Waals surface area contributed by atoms with Crippen LogP contribution in [0.5, 0.6) is 0 Å². The minimum atomic E-state index is -0.737. The van der Waals surface area contributed by atoms with Crippen molar-refractivity contribution in [2.45, 2.75) is 31.3 Å². The van der Waals surface area contributed by atoms with Crippen LogP contribution in [0.1, 0.15) is 30.1 Å². The van der Waals surface area contributed by atoms with Crippen LogP contribution in [-0.4, -0.2) is 37.5 Å². The second kappa shape index (κ2) is 7.59. The van der Waals surface area contributed by atoms with Crippen LogP contribution in [0.2, 0.25) is 5.02 Å². The van der Waals surface area contributed by atoms with E-state index in [1.807, 2.05) is 0 Å². The summed E-state index contributed by atoms with van der Waals surface area (Å²) in [7, 11) is 0. The van der Waals surface area contributed by atoms with E-state index >= 15 is 4.39 Å². The Morgan fingerprint density at radius 2 is 2.00 bits per heavy atom. The lowest BCUT2D eigenvalue weighted by Gasteiger charge is -2.35. The third-order valence-corrected chi connectivity index (χ3v) is 6.67. The molecule has 6 rings (SSSR count). The van der Waals surface area contributed by atoms with E-state index in [9.17, 15) is 14.0 Å². The van der Waals surface area contributed by atoms with Crippen molar-refractivity contribution in [3.05, 3.63) is 68.6 Å². The molecule has 0 spiro atoms. The van der Waals surface area contributed by atoms with Gasteiger partial charge in [0.05, 0.1) is 22.4 Å². The lowest BCUT2D eigenvalue weighted by Crippen LogP contribution is -2.45. The molecule has 2 aromatic heterocycles. The van der Waals surface area contributed by atoms with Gasteiger partial charge in [-0.3, -0.25) is 4.79 Å². The van der Waals surface area contributed by atoms with Gasteiger partial charge in [-0.25, -0.2) is 23.3 Å². The summed E-state index contributed by atoms with van der Waals surface area (Å²) in [6.07, 6.45) is 1.94. The maximum Gasteiger partial charge on any atom is 0.322 e. The highest BCUT2D eigenvalue weighted by atomic mass is 35.5.